The van der Waals surface area contributed by atoms with Crippen molar-refractivity contribution in [2.75, 3.05) is 24.3 Å². The Morgan fingerprint density at radius 2 is 1.88 bits per heavy atom. The van der Waals surface area contributed by atoms with Gasteiger partial charge in [0.25, 0.3) is 5.91 Å². The van der Waals surface area contributed by atoms with Crippen molar-refractivity contribution in [3.8, 4) is 11.8 Å². The maximum atomic E-state index is 13.1. The van der Waals surface area contributed by atoms with Gasteiger partial charge in [-0.3, -0.25) is 9.59 Å². The lowest BCUT2D eigenvalue weighted by molar-refractivity contribution is -0.115. The molecule has 0 aliphatic carbocycles. The van der Waals surface area contributed by atoms with Crippen molar-refractivity contribution in [1.29, 1.82) is 5.26 Å². The summed E-state index contributed by atoms with van der Waals surface area (Å²) in [6.07, 6.45) is 0.121. The van der Waals surface area contributed by atoms with Crippen LogP contribution in [0.1, 0.15) is 54.1 Å². The molecule has 2 aromatic carbocycles. The maximum absolute atomic E-state index is 13.1. The summed E-state index contributed by atoms with van der Waals surface area (Å²) in [6.45, 7) is 8.02. The minimum absolute atomic E-state index is 0.250. The Kier molecular flexibility index (Phi) is 9.25. The average molecular weight is 593 g/mol. The van der Waals surface area contributed by atoms with Gasteiger partial charge in [-0.15, -0.1) is 23.1 Å². The highest BCUT2D eigenvalue weighted by Crippen LogP contribution is 2.37. The van der Waals surface area contributed by atoms with E-state index in [9.17, 15) is 19.6 Å². The molecule has 1 aromatic heterocycles. The molecular weight excluding hydrogens is 560 g/mol. The van der Waals surface area contributed by atoms with Crippen LogP contribution in [0.3, 0.4) is 0 Å². The topological polar surface area (TPSA) is 121 Å². The first-order chi connectivity index (χ1) is 19.5. The Bertz CT molecular complexity index is 1510. The van der Waals surface area contributed by atoms with E-state index in [1.165, 1.54) is 23.1 Å². The van der Waals surface area contributed by atoms with Crippen LogP contribution in [-0.4, -0.2) is 47.3 Å². The van der Waals surface area contributed by atoms with Gasteiger partial charge in [-0.2, -0.15) is 5.26 Å². The fraction of sp³-hybridized carbons (Fsp3) is 0.333. The third-order valence-corrected chi connectivity index (χ3v) is 8.39. The maximum Gasteiger partial charge on any atom is 0.410 e. The predicted octanol–water partition coefficient (Wildman–Crippen LogP) is 6.29. The van der Waals surface area contributed by atoms with Crippen LogP contribution in [0.5, 0.6) is 5.75 Å². The van der Waals surface area contributed by atoms with Crippen LogP contribution in [0.15, 0.2) is 53.4 Å². The first-order valence-electron chi connectivity index (χ1n) is 13.0. The molecule has 0 saturated heterocycles. The van der Waals surface area contributed by atoms with E-state index in [1.54, 1.807) is 49.3 Å². The first kappa shape index (κ1) is 30.0. The summed E-state index contributed by atoms with van der Waals surface area (Å²) in [5, 5.41) is 15.6. The summed E-state index contributed by atoms with van der Waals surface area (Å²) >= 11 is 2.66. The number of benzene rings is 2. The van der Waals surface area contributed by atoms with Gasteiger partial charge in [-0.05, 0) is 76.1 Å². The van der Waals surface area contributed by atoms with Crippen molar-refractivity contribution in [2.45, 2.75) is 56.4 Å². The van der Waals surface area contributed by atoms with E-state index in [4.69, 9.17) is 9.47 Å². The lowest BCUT2D eigenvalue weighted by Crippen LogP contribution is -2.39. The van der Waals surface area contributed by atoms with E-state index in [1.807, 2.05) is 39.0 Å². The number of carbonyl (C=O) groups excluding carboxylic acids is 3. The van der Waals surface area contributed by atoms with Crippen molar-refractivity contribution in [1.82, 2.24) is 4.90 Å². The smallest absolute Gasteiger partial charge is 0.410 e. The summed E-state index contributed by atoms with van der Waals surface area (Å²) in [5.74, 6) is 0.0704. The van der Waals surface area contributed by atoms with Gasteiger partial charge in [0.2, 0.25) is 5.91 Å². The summed E-state index contributed by atoms with van der Waals surface area (Å²) in [7, 11) is 1.54. The summed E-state index contributed by atoms with van der Waals surface area (Å²) in [4.78, 5) is 41.7. The summed E-state index contributed by atoms with van der Waals surface area (Å²) < 4.78 is 10.7. The number of nitriles is 1. The predicted molar refractivity (Wildman–Crippen MR) is 161 cm³/mol. The van der Waals surface area contributed by atoms with Crippen molar-refractivity contribution < 1.29 is 23.9 Å². The number of carbonyl (C=O) groups is 3. The minimum Gasteiger partial charge on any atom is -0.497 e. The van der Waals surface area contributed by atoms with Gasteiger partial charge in [0.1, 0.15) is 22.4 Å². The molecule has 4 rings (SSSR count). The fourth-order valence-electron chi connectivity index (χ4n) is 4.18. The van der Waals surface area contributed by atoms with Gasteiger partial charge in [0, 0.05) is 27.6 Å². The Hall–Kier alpha value is -4.01. The van der Waals surface area contributed by atoms with Crippen LogP contribution in [0.25, 0.3) is 0 Å². The molecule has 1 unspecified atom stereocenters. The number of methoxy groups -OCH3 is 1. The number of ether oxygens (including phenoxy) is 2. The molecule has 0 saturated carbocycles. The number of nitrogens with zero attached hydrogens (tertiary/aromatic N) is 2. The number of hydrogen-bond donors (Lipinski definition) is 2. The van der Waals surface area contributed by atoms with Crippen molar-refractivity contribution in [2.24, 2.45) is 0 Å². The number of anilines is 2. The number of amides is 3. The average Bonchev–Trinajstić information content (AvgIpc) is 3.28. The quantitative estimate of drug-likeness (QED) is 0.309. The molecule has 0 spiro atoms. The molecule has 3 aromatic rings. The normalized spacial score (nSPS) is 13.4. The SMILES string of the molecule is COc1cccc(C(=O)Nc2cccc(SC(C)C(=O)Nc3sc4c(c3C#N)CCN(C(=O)OC(C)(C)C)C4)c2)c1. The van der Waals surface area contributed by atoms with Crippen LogP contribution >= 0.6 is 23.1 Å². The summed E-state index contributed by atoms with van der Waals surface area (Å²) in [5.41, 5.74) is 1.78. The van der Waals surface area contributed by atoms with Gasteiger partial charge < -0.3 is 25.0 Å². The van der Waals surface area contributed by atoms with E-state index >= 15 is 0 Å². The zero-order valence-corrected chi connectivity index (χ0v) is 25.2. The molecule has 1 aliphatic rings. The van der Waals surface area contributed by atoms with Gasteiger partial charge in [0.05, 0.1) is 24.5 Å². The Labute approximate surface area is 247 Å². The molecule has 2 heterocycles. The second-order valence-electron chi connectivity index (χ2n) is 10.4. The molecule has 0 fully saturated rings. The van der Waals surface area contributed by atoms with Gasteiger partial charge in [-0.25, -0.2) is 4.79 Å². The van der Waals surface area contributed by atoms with Gasteiger partial charge in [0.15, 0.2) is 0 Å². The Morgan fingerprint density at radius 1 is 1.12 bits per heavy atom. The second kappa shape index (κ2) is 12.7. The number of nitrogens with one attached hydrogen (secondary N) is 2. The molecule has 1 aliphatic heterocycles. The van der Waals surface area contributed by atoms with Gasteiger partial charge >= 0.3 is 6.09 Å². The lowest BCUT2D eigenvalue weighted by atomic mass is 10.0. The van der Waals surface area contributed by atoms with E-state index < -0.39 is 16.9 Å². The van der Waals surface area contributed by atoms with Crippen LogP contribution in [-0.2, 0) is 22.5 Å². The van der Waals surface area contributed by atoms with E-state index in [-0.39, 0.29) is 11.8 Å². The number of hydrogen-bond acceptors (Lipinski definition) is 8. The highest BCUT2D eigenvalue weighted by molar-refractivity contribution is 8.00. The largest absolute Gasteiger partial charge is 0.497 e. The molecule has 0 bridgehead atoms. The van der Waals surface area contributed by atoms with Crippen molar-refractivity contribution >= 4 is 51.7 Å². The van der Waals surface area contributed by atoms with E-state index in [2.05, 4.69) is 16.7 Å². The van der Waals surface area contributed by atoms with Crippen LogP contribution < -0.4 is 15.4 Å². The third kappa shape index (κ3) is 7.60. The molecule has 0 radical (unpaired) electrons. The molecule has 1 atom stereocenters. The number of thioether (sulfide) groups is 1. The fourth-order valence-corrected chi connectivity index (χ4v) is 6.32. The summed E-state index contributed by atoms with van der Waals surface area (Å²) in [6, 6.07) is 16.4. The molecule has 214 valence electrons. The number of thiophene rings is 1. The van der Waals surface area contributed by atoms with Crippen molar-refractivity contribution in [3.63, 3.8) is 0 Å². The third-order valence-electron chi connectivity index (χ3n) is 6.16. The standard InChI is InChI=1S/C30H32N4O5S2/c1-18(40-22-11-7-9-20(15-22)32-27(36)19-8-6-10-21(14-19)38-5)26(35)33-28-24(16-31)23-12-13-34(17-25(23)41-28)29(37)39-30(2,3)4/h6-11,14-15,18H,12-13,17H2,1-5H3,(H,32,36)(H,33,35). The van der Waals surface area contributed by atoms with E-state index in [0.29, 0.717) is 47.1 Å². The zero-order chi connectivity index (χ0) is 29.7. The highest BCUT2D eigenvalue weighted by Gasteiger charge is 2.30. The molecule has 3 amide bonds. The molecule has 2 N–H and O–H groups in total. The Balaban J connectivity index is 1.40. The molecular formula is C30H32N4O5S2. The Morgan fingerprint density at radius 3 is 2.59 bits per heavy atom. The van der Waals surface area contributed by atoms with Crippen molar-refractivity contribution in [3.05, 3.63) is 70.1 Å². The van der Waals surface area contributed by atoms with Crippen LogP contribution in [0.2, 0.25) is 0 Å². The molecule has 11 heteroatoms. The highest BCUT2D eigenvalue weighted by atomic mass is 32.2. The zero-order valence-electron chi connectivity index (χ0n) is 23.6. The molecule has 41 heavy (non-hydrogen) atoms. The first-order valence-corrected chi connectivity index (χ1v) is 14.7. The van der Waals surface area contributed by atoms with E-state index in [0.717, 1.165) is 15.3 Å². The molecule has 9 nitrogen and oxygen atoms in total. The lowest BCUT2D eigenvalue weighted by Gasteiger charge is -2.29. The van der Waals surface area contributed by atoms with Crippen LogP contribution in [0.4, 0.5) is 15.5 Å². The monoisotopic (exact) mass is 592 g/mol. The van der Waals surface area contributed by atoms with Gasteiger partial charge in [-0.1, -0.05) is 12.1 Å². The van der Waals surface area contributed by atoms with Crippen LogP contribution in [0, 0.1) is 11.3 Å². The minimum atomic E-state index is -0.599. The second-order valence-corrected chi connectivity index (χ2v) is 13.0. The number of rotatable bonds is 7. The number of fused-ring (bicyclic) bond motifs is 1.